The van der Waals surface area contributed by atoms with Crippen molar-refractivity contribution in [2.24, 2.45) is 5.92 Å². The molecule has 21 heavy (non-hydrogen) atoms. The van der Waals surface area contributed by atoms with E-state index in [-0.39, 0.29) is 17.7 Å². The van der Waals surface area contributed by atoms with Crippen molar-refractivity contribution in [1.82, 2.24) is 10.6 Å². The van der Waals surface area contributed by atoms with Gasteiger partial charge in [0.15, 0.2) is 0 Å². The molecule has 2 rings (SSSR count). The normalized spacial score (nSPS) is 13.6. The zero-order valence-electron chi connectivity index (χ0n) is 12.2. The van der Waals surface area contributed by atoms with E-state index >= 15 is 0 Å². The molecule has 0 bridgehead atoms. The Labute approximate surface area is 124 Å². The Bertz CT molecular complexity index is 526. The zero-order valence-corrected chi connectivity index (χ0v) is 12.2. The minimum atomic E-state index is -0.132. The Hall–Kier alpha value is -2.24. The van der Waals surface area contributed by atoms with E-state index < -0.39 is 0 Å². The lowest BCUT2D eigenvalue weighted by atomic mass is 10.1. The molecule has 0 aliphatic heterocycles. The first-order chi connectivity index (χ1) is 10.1. The zero-order chi connectivity index (χ0) is 15.2. The van der Waals surface area contributed by atoms with Crippen LogP contribution in [0.4, 0.5) is 11.4 Å². The van der Waals surface area contributed by atoms with Gasteiger partial charge in [0, 0.05) is 31.1 Å². The molecule has 1 aliphatic rings. The van der Waals surface area contributed by atoms with Crippen LogP contribution < -0.4 is 21.7 Å². The minimum Gasteiger partial charge on any atom is -0.397 e. The summed E-state index contributed by atoms with van der Waals surface area (Å²) in [6.07, 6.45) is 2.01. The van der Waals surface area contributed by atoms with Gasteiger partial charge in [-0.05, 0) is 38.0 Å². The van der Waals surface area contributed by atoms with E-state index in [4.69, 9.17) is 5.73 Å². The van der Waals surface area contributed by atoms with Gasteiger partial charge in [0.1, 0.15) is 0 Å². The largest absolute Gasteiger partial charge is 0.397 e. The summed E-state index contributed by atoms with van der Waals surface area (Å²) >= 11 is 0. The first kappa shape index (κ1) is 15.2. The molecule has 1 aliphatic carbocycles. The molecule has 6 heteroatoms. The van der Waals surface area contributed by atoms with Gasteiger partial charge in [0.2, 0.25) is 5.91 Å². The maximum absolute atomic E-state index is 11.7. The molecule has 1 saturated carbocycles. The van der Waals surface area contributed by atoms with Crippen molar-refractivity contribution in [1.29, 1.82) is 0 Å². The van der Waals surface area contributed by atoms with Crippen LogP contribution in [0.2, 0.25) is 0 Å². The standard InChI is InChI=1S/C15H22N4O2/c1-2-17-15(21)11-5-6-13(12(16)9-11)18-7-8-19-14(20)10-3-4-10/h5-6,9-10,18H,2-4,7-8,16H2,1H3,(H,17,21)(H,19,20). The van der Waals surface area contributed by atoms with Crippen molar-refractivity contribution < 1.29 is 9.59 Å². The van der Waals surface area contributed by atoms with Gasteiger partial charge in [0.25, 0.3) is 5.91 Å². The van der Waals surface area contributed by atoms with Crippen LogP contribution in [0, 0.1) is 5.92 Å². The number of nitrogen functional groups attached to an aromatic ring is 1. The number of amides is 2. The van der Waals surface area contributed by atoms with Gasteiger partial charge in [-0.2, -0.15) is 0 Å². The molecular weight excluding hydrogens is 268 g/mol. The molecule has 5 N–H and O–H groups in total. The topological polar surface area (TPSA) is 96.2 Å². The van der Waals surface area contributed by atoms with Gasteiger partial charge in [-0.25, -0.2) is 0 Å². The molecule has 0 radical (unpaired) electrons. The Morgan fingerprint density at radius 2 is 2.00 bits per heavy atom. The van der Waals surface area contributed by atoms with Crippen LogP contribution in [0.5, 0.6) is 0 Å². The lowest BCUT2D eigenvalue weighted by molar-refractivity contribution is -0.122. The van der Waals surface area contributed by atoms with Crippen molar-refractivity contribution in [3.63, 3.8) is 0 Å². The summed E-state index contributed by atoms with van der Waals surface area (Å²) in [6, 6.07) is 5.16. The highest BCUT2D eigenvalue weighted by Gasteiger charge is 2.28. The Kier molecular flexibility index (Phi) is 5.03. The van der Waals surface area contributed by atoms with Gasteiger partial charge in [0.05, 0.1) is 11.4 Å². The lowest BCUT2D eigenvalue weighted by Gasteiger charge is -2.11. The van der Waals surface area contributed by atoms with E-state index in [0.29, 0.717) is 30.9 Å². The predicted molar refractivity (Wildman–Crippen MR) is 83.1 cm³/mol. The fraction of sp³-hybridized carbons (Fsp3) is 0.467. The second-order valence-electron chi connectivity index (χ2n) is 5.15. The molecule has 0 spiro atoms. The molecule has 6 nitrogen and oxygen atoms in total. The second kappa shape index (κ2) is 6.97. The van der Waals surface area contributed by atoms with Gasteiger partial charge >= 0.3 is 0 Å². The highest BCUT2D eigenvalue weighted by molar-refractivity contribution is 5.96. The van der Waals surface area contributed by atoms with Crippen molar-refractivity contribution in [3.05, 3.63) is 23.8 Å². The number of nitrogens with two attached hydrogens (primary N) is 1. The van der Waals surface area contributed by atoms with E-state index in [1.165, 1.54) is 0 Å². The summed E-state index contributed by atoms with van der Waals surface area (Å²) < 4.78 is 0. The van der Waals surface area contributed by atoms with Crippen molar-refractivity contribution in [2.75, 3.05) is 30.7 Å². The van der Waals surface area contributed by atoms with Gasteiger partial charge < -0.3 is 21.7 Å². The van der Waals surface area contributed by atoms with Crippen molar-refractivity contribution in [3.8, 4) is 0 Å². The van der Waals surface area contributed by atoms with Crippen LogP contribution in [-0.2, 0) is 4.79 Å². The number of carbonyl (C=O) groups excluding carboxylic acids is 2. The van der Waals surface area contributed by atoms with Crippen LogP contribution in [-0.4, -0.2) is 31.4 Å². The third kappa shape index (κ3) is 4.37. The average molecular weight is 290 g/mol. The number of nitrogens with one attached hydrogen (secondary N) is 3. The SMILES string of the molecule is CCNC(=O)c1ccc(NCCNC(=O)C2CC2)c(N)c1. The molecule has 114 valence electrons. The molecule has 0 heterocycles. The van der Waals surface area contributed by atoms with Gasteiger partial charge in [-0.1, -0.05) is 0 Å². The second-order valence-corrected chi connectivity index (χ2v) is 5.15. The average Bonchev–Trinajstić information content (AvgIpc) is 3.29. The van der Waals surface area contributed by atoms with Crippen LogP contribution in [0.25, 0.3) is 0 Å². The molecular formula is C15H22N4O2. The summed E-state index contributed by atoms with van der Waals surface area (Å²) in [5, 5.41) is 8.76. The number of carbonyl (C=O) groups is 2. The maximum atomic E-state index is 11.7. The number of hydrogen-bond acceptors (Lipinski definition) is 4. The highest BCUT2D eigenvalue weighted by atomic mass is 16.2. The van der Waals surface area contributed by atoms with E-state index in [9.17, 15) is 9.59 Å². The fourth-order valence-corrected chi connectivity index (χ4v) is 2.00. The maximum Gasteiger partial charge on any atom is 0.251 e. The monoisotopic (exact) mass is 290 g/mol. The van der Waals surface area contributed by atoms with Crippen molar-refractivity contribution in [2.45, 2.75) is 19.8 Å². The third-order valence-electron chi connectivity index (χ3n) is 3.34. The highest BCUT2D eigenvalue weighted by Crippen LogP contribution is 2.28. The Morgan fingerprint density at radius 1 is 1.24 bits per heavy atom. The van der Waals surface area contributed by atoms with E-state index in [1.807, 2.05) is 6.92 Å². The number of rotatable bonds is 7. The van der Waals surface area contributed by atoms with E-state index in [2.05, 4.69) is 16.0 Å². The molecule has 1 aromatic carbocycles. The quantitative estimate of drug-likeness (QED) is 0.444. The van der Waals surface area contributed by atoms with Crippen LogP contribution in [0.15, 0.2) is 18.2 Å². The number of anilines is 2. The summed E-state index contributed by atoms with van der Waals surface area (Å²) in [7, 11) is 0. The van der Waals surface area contributed by atoms with Gasteiger partial charge in [-0.3, -0.25) is 9.59 Å². The number of hydrogen-bond donors (Lipinski definition) is 4. The lowest BCUT2D eigenvalue weighted by Crippen LogP contribution is -2.30. The molecule has 0 unspecified atom stereocenters. The summed E-state index contributed by atoms with van der Waals surface area (Å²) in [4.78, 5) is 23.1. The molecule has 0 atom stereocenters. The van der Waals surface area contributed by atoms with Crippen LogP contribution >= 0.6 is 0 Å². The minimum absolute atomic E-state index is 0.132. The van der Waals surface area contributed by atoms with Crippen LogP contribution in [0.3, 0.4) is 0 Å². The molecule has 1 fully saturated rings. The summed E-state index contributed by atoms with van der Waals surface area (Å²) in [6.45, 7) is 3.61. The fourth-order valence-electron chi connectivity index (χ4n) is 2.00. The van der Waals surface area contributed by atoms with Crippen molar-refractivity contribution >= 4 is 23.2 Å². The first-order valence-corrected chi connectivity index (χ1v) is 7.31. The van der Waals surface area contributed by atoms with E-state index in [1.54, 1.807) is 18.2 Å². The molecule has 1 aromatic rings. The van der Waals surface area contributed by atoms with Gasteiger partial charge in [-0.15, -0.1) is 0 Å². The molecule has 2 amide bonds. The Morgan fingerprint density at radius 3 is 2.62 bits per heavy atom. The van der Waals surface area contributed by atoms with E-state index in [0.717, 1.165) is 18.5 Å². The first-order valence-electron chi connectivity index (χ1n) is 7.31. The molecule has 0 saturated heterocycles. The molecule has 0 aromatic heterocycles. The number of benzene rings is 1. The third-order valence-corrected chi connectivity index (χ3v) is 3.34. The summed E-state index contributed by atoms with van der Waals surface area (Å²) in [5.41, 5.74) is 7.76. The Balaban J connectivity index is 1.80. The smallest absolute Gasteiger partial charge is 0.251 e. The summed E-state index contributed by atoms with van der Waals surface area (Å²) in [5.74, 6) is 0.232. The predicted octanol–water partition coefficient (Wildman–Crippen LogP) is 0.957. The van der Waals surface area contributed by atoms with Crippen LogP contribution in [0.1, 0.15) is 30.1 Å².